The fourth-order valence-corrected chi connectivity index (χ4v) is 2.29. The van der Waals surface area contributed by atoms with E-state index in [1.165, 1.54) is 0 Å². The summed E-state index contributed by atoms with van der Waals surface area (Å²) in [6.45, 7) is 7.94. The van der Waals surface area contributed by atoms with Crippen molar-refractivity contribution < 1.29 is 4.74 Å². The van der Waals surface area contributed by atoms with Crippen LogP contribution >= 0.6 is 15.9 Å². The van der Waals surface area contributed by atoms with E-state index < -0.39 is 0 Å². The summed E-state index contributed by atoms with van der Waals surface area (Å²) in [6, 6.07) is 8.01. The van der Waals surface area contributed by atoms with Gasteiger partial charge in [-0.3, -0.25) is 4.68 Å². The predicted octanol–water partition coefficient (Wildman–Crippen LogP) is 3.59. The molecule has 0 amide bonds. The lowest BCUT2D eigenvalue weighted by Gasteiger charge is -2.19. The molecule has 2 aromatic rings. The van der Waals surface area contributed by atoms with Crippen molar-refractivity contribution in [1.29, 1.82) is 0 Å². The molecule has 0 aliphatic carbocycles. The van der Waals surface area contributed by atoms with Gasteiger partial charge in [-0.2, -0.15) is 5.10 Å². The van der Waals surface area contributed by atoms with Gasteiger partial charge in [-0.1, -0.05) is 15.9 Å². The Morgan fingerprint density at radius 2 is 2.05 bits per heavy atom. The molecule has 0 spiro atoms. The number of hydrogen-bond acceptors (Lipinski definition) is 3. The molecule has 1 aromatic carbocycles. The van der Waals surface area contributed by atoms with Crippen LogP contribution in [0.15, 0.2) is 34.9 Å². The van der Waals surface area contributed by atoms with Crippen molar-refractivity contribution in [2.45, 2.75) is 39.4 Å². The molecule has 0 aliphatic rings. The van der Waals surface area contributed by atoms with E-state index in [0.29, 0.717) is 6.54 Å². The minimum absolute atomic E-state index is 0.0968. The summed E-state index contributed by atoms with van der Waals surface area (Å²) in [4.78, 5) is 0. The molecule has 0 atom stereocenters. The Hall–Kier alpha value is -1.33. The van der Waals surface area contributed by atoms with Crippen LogP contribution in [-0.4, -0.2) is 22.4 Å². The Morgan fingerprint density at radius 1 is 1.29 bits per heavy atom. The maximum atomic E-state index is 5.27. The molecule has 0 saturated heterocycles. The van der Waals surface area contributed by atoms with Crippen LogP contribution in [0.3, 0.4) is 0 Å². The highest BCUT2D eigenvalue weighted by Gasteiger charge is 2.10. The summed E-state index contributed by atoms with van der Waals surface area (Å²) in [5.74, 6) is 0.856. The molecule has 0 aliphatic heterocycles. The van der Waals surface area contributed by atoms with Crippen molar-refractivity contribution in [3.63, 3.8) is 0 Å². The minimum Gasteiger partial charge on any atom is -0.497 e. The molecule has 0 fully saturated rings. The van der Waals surface area contributed by atoms with E-state index in [2.05, 4.69) is 47.1 Å². The Kier molecular flexibility index (Phi) is 5.06. The van der Waals surface area contributed by atoms with Gasteiger partial charge in [0.05, 0.1) is 19.3 Å². The van der Waals surface area contributed by atoms with Crippen molar-refractivity contribution in [2.75, 3.05) is 7.11 Å². The first-order chi connectivity index (χ1) is 9.87. The second kappa shape index (κ2) is 6.62. The van der Waals surface area contributed by atoms with Gasteiger partial charge >= 0.3 is 0 Å². The lowest BCUT2D eigenvalue weighted by atomic mass is 10.1. The third kappa shape index (κ3) is 4.86. The number of hydrogen-bond donors (Lipinski definition) is 1. The van der Waals surface area contributed by atoms with Gasteiger partial charge in [-0.25, -0.2) is 0 Å². The van der Waals surface area contributed by atoms with Gasteiger partial charge in [-0.05, 0) is 50.6 Å². The summed E-state index contributed by atoms with van der Waals surface area (Å²) < 4.78 is 8.28. The summed E-state index contributed by atoms with van der Waals surface area (Å²) in [6.07, 6.45) is 2.01. The number of ether oxygens (including phenoxy) is 1. The Morgan fingerprint density at radius 3 is 2.71 bits per heavy atom. The molecule has 1 heterocycles. The molecule has 2 rings (SSSR count). The first kappa shape index (κ1) is 16.0. The zero-order valence-electron chi connectivity index (χ0n) is 13.0. The highest BCUT2D eigenvalue weighted by molar-refractivity contribution is 9.10. The second-order valence-electron chi connectivity index (χ2n) is 6.07. The van der Waals surface area contributed by atoms with Crippen LogP contribution in [0, 0.1) is 0 Å². The van der Waals surface area contributed by atoms with E-state index >= 15 is 0 Å². The first-order valence-corrected chi connectivity index (χ1v) is 7.76. The fraction of sp³-hybridized carbons (Fsp3) is 0.438. The van der Waals surface area contributed by atoms with Crippen LogP contribution in [0.5, 0.6) is 5.75 Å². The first-order valence-electron chi connectivity index (χ1n) is 6.97. The van der Waals surface area contributed by atoms with Gasteiger partial charge in [0.1, 0.15) is 5.75 Å². The molecule has 4 nitrogen and oxygen atoms in total. The smallest absolute Gasteiger partial charge is 0.119 e. The van der Waals surface area contributed by atoms with Crippen molar-refractivity contribution in [3.05, 3.63) is 46.2 Å². The molecule has 5 heteroatoms. The number of methoxy groups -OCH3 is 1. The van der Waals surface area contributed by atoms with Crippen LogP contribution < -0.4 is 10.1 Å². The highest BCUT2D eigenvalue weighted by atomic mass is 79.9. The maximum absolute atomic E-state index is 5.27. The summed E-state index contributed by atoms with van der Waals surface area (Å²) in [7, 11) is 1.68. The number of nitrogens with zero attached hydrogens (tertiary/aromatic N) is 2. The van der Waals surface area contributed by atoms with E-state index in [9.17, 15) is 0 Å². The number of nitrogens with one attached hydrogen (secondary N) is 1. The lowest BCUT2D eigenvalue weighted by Crippen LogP contribution is -2.35. The largest absolute Gasteiger partial charge is 0.497 e. The molecular weight excluding hydrogens is 330 g/mol. The second-order valence-corrected chi connectivity index (χ2v) is 6.92. The highest BCUT2D eigenvalue weighted by Crippen LogP contribution is 2.23. The van der Waals surface area contributed by atoms with Crippen LogP contribution in [0.25, 0.3) is 0 Å². The number of aromatic nitrogens is 2. The topological polar surface area (TPSA) is 39.1 Å². The molecule has 21 heavy (non-hydrogen) atoms. The van der Waals surface area contributed by atoms with Crippen molar-refractivity contribution in [3.8, 4) is 5.75 Å². The summed E-state index contributed by atoms with van der Waals surface area (Å²) >= 11 is 3.57. The monoisotopic (exact) mass is 351 g/mol. The maximum Gasteiger partial charge on any atom is 0.119 e. The average Bonchev–Trinajstić information content (AvgIpc) is 2.86. The molecule has 114 valence electrons. The fourth-order valence-electron chi connectivity index (χ4n) is 1.92. The number of benzene rings is 1. The lowest BCUT2D eigenvalue weighted by molar-refractivity contribution is 0.413. The summed E-state index contributed by atoms with van der Waals surface area (Å²) in [5.41, 5.74) is 2.29. The van der Waals surface area contributed by atoms with Gasteiger partial charge in [-0.15, -0.1) is 0 Å². The van der Waals surface area contributed by atoms with Crippen molar-refractivity contribution >= 4 is 15.9 Å². The Labute approximate surface area is 134 Å². The Balaban J connectivity index is 2.05. The van der Waals surface area contributed by atoms with Gasteiger partial charge in [0.2, 0.25) is 0 Å². The van der Waals surface area contributed by atoms with E-state index in [0.717, 1.165) is 28.0 Å². The molecule has 0 radical (unpaired) electrons. The molecule has 0 bridgehead atoms. The summed E-state index contributed by atoms with van der Waals surface area (Å²) in [5, 5.41) is 8.04. The quantitative estimate of drug-likeness (QED) is 0.894. The zero-order chi connectivity index (χ0) is 15.5. The normalized spacial score (nSPS) is 11.7. The molecule has 0 unspecified atom stereocenters. The zero-order valence-corrected chi connectivity index (χ0v) is 14.6. The molecule has 1 N–H and O–H groups in total. The van der Waals surface area contributed by atoms with E-state index in [-0.39, 0.29) is 5.54 Å². The van der Waals surface area contributed by atoms with Crippen LogP contribution in [0.1, 0.15) is 32.0 Å². The Bertz CT molecular complexity index is 602. The van der Waals surface area contributed by atoms with Gasteiger partial charge < -0.3 is 10.1 Å². The SMILES string of the molecule is COc1ccc(Br)c(Cn2ccc(CNC(C)(C)C)n2)c1. The van der Waals surface area contributed by atoms with Crippen LogP contribution in [-0.2, 0) is 13.1 Å². The van der Waals surface area contributed by atoms with Crippen molar-refractivity contribution in [2.24, 2.45) is 0 Å². The third-order valence-corrected chi connectivity index (χ3v) is 3.85. The third-order valence-electron chi connectivity index (χ3n) is 3.08. The van der Waals surface area contributed by atoms with E-state index in [1.54, 1.807) is 7.11 Å². The minimum atomic E-state index is 0.0968. The average molecular weight is 352 g/mol. The standard InChI is InChI=1S/C16H22BrN3O/c1-16(2,3)18-10-13-7-8-20(19-13)11-12-9-14(21-4)5-6-15(12)17/h5-9,18H,10-11H2,1-4H3. The van der Waals surface area contributed by atoms with Gasteiger partial charge in [0, 0.05) is 22.8 Å². The van der Waals surface area contributed by atoms with Crippen LogP contribution in [0.4, 0.5) is 0 Å². The number of rotatable bonds is 5. The van der Waals surface area contributed by atoms with E-state index in [1.807, 2.05) is 35.1 Å². The van der Waals surface area contributed by atoms with Gasteiger partial charge in [0.25, 0.3) is 0 Å². The van der Waals surface area contributed by atoms with Crippen LogP contribution in [0.2, 0.25) is 0 Å². The molecule has 0 saturated carbocycles. The number of halogens is 1. The van der Waals surface area contributed by atoms with E-state index in [4.69, 9.17) is 4.74 Å². The predicted molar refractivity (Wildman–Crippen MR) is 88.6 cm³/mol. The molecule has 1 aromatic heterocycles. The van der Waals surface area contributed by atoms with Crippen molar-refractivity contribution in [1.82, 2.24) is 15.1 Å². The van der Waals surface area contributed by atoms with Gasteiger partial charge in [0.15, 0.2) is 0 Å². The molecular formula is C16H22BrN3O.